The Morgan fingerprint density at radius 3 is 2.38 bits per heavy atom. The molecule has 118 valence electrons. The minimum atomic E-state index is -0.443. The summed E-state index contributed by atoms with van der Waals surface area (Å²) in [5.41, 5.74) is 0.532. The first kappa shape index (κ1) is 16.3. The molecule has 1 saturated carbocycles. The highest BCUT2D eigenvalue weighted by atomic mass is 19.1. The largest absolute Gasteiger partial charge is 0.491 e. The number of unbranched alkanes of at least 4 members (excludes halogenated alkanes) is 1. The molecule has 1 fully saturated rings. The van der Waals surface area contributed by atoms with Gasteiger partial charge >= 0.3 is 0 Å². The van der Waals surface area contributed by atoms with Gasteiger partial charge in [-0.15, -0.1) is 0 Å². The molecule has 1 aromatic carbocycles. The summed E-state index contributed by atoms with van der Waals surface area (Å²) in [5, 5.41) is 0. The summed E-state index contributed by atoms with van der Waals surface area (Å²) in [5.74, 6) is 0.193. The molecule has 0 spiro atoms. The first-order chi connectivity index (χ1) is 10.2. The van der Waals surface area contributed by atoms with Gasteiger partial charge in [0.15, 0.2) is 11.6 Å². The second-order valence-electron chi connectivity index (χ2n) is 6.10. The van der Waals surface area contributed by atoms with Crippen LogP contribution in [0, 0.1) is 17.6 Å². The molecule has 0 N–H and O–H groups in total. The van der Waals surface area contributed by atoms with Gasteiger partial charge in [0, 0.05) is 6.07 Å². The molecule has 1 aliphatic rings. The summed E-state index contributed by atoms with van der Waals surface area (Å²) in [6.45, 7) is 4.32. The number of ether oxygens (including phenoxy) is 1. The smallest absolute Gasteiger partial charge is 0.165 e. The van der Waals surface area contributed by atoms with Gasteiger partial charge < -0.3 is 4.74 Å². The Labute approximate surface area is 126 Å². The van der Waals surface area contributed by atoms with E-state index >= 15 is 0 Å². The number of benzene rings is 1. The zero-order valence-corrected chi connectivity index (χ0v) is 13.1. The molecule has 21 heavy (non-hydrogen) atoms. The predicted octanol–water partition coefficient (Wildman–Crippen LogP) is 5.83. The maximum Gasteiger partial charge on any atom is 0.165 e. The Bertz CT molecular complexity index is 451. The third-order valence-corrected chi connectivity index (χ3v) is 4.60. The zero-order valence-electron chi connectivity index (χ0n) is 13.1. The van der Waals surface area contributed by atoms with Crippen molar-refractivity contribution in [3.05, 3.63) is 29.3 Å². The van der Waals surface area contributed by atoms with Crippen LogP contribution >= 0.6 is 0 Å². The van der Waals surface area contributed by atoms with Crippen LogP contribution < -0.4 is 4.74 Å². The molecule has 0 aromatic heterocycles. The van der Waals surface area contributed by atoms with Gasteiger partial charge in [0.1, 0.15) is 5.82 Å². The second kappa shape index (κ2) is 7.77. The molecule has 0 amide bonds. The third kappa shape index (κ3) is 4.18. The third-order valence-electron chi connectivity index (χ3n) is 4.60. The molecule has 0 aliphatic heterocycles. The van der Waals surface area contributed by atoms with Crippen LogP contribution in [0.3, 0.4) is 0 Å². The Hall–Kier alpha value is -1.12. The van der Waals surface area contributed by atoms with Crippen LogP contribution in [-0.2, 0) is 0 Å². The summed E-state index contributed by atoms with van der Waals surface area (Å²) in [6, 6.07) is 2.55. The number of hydrogen-bond donors (Lipinski definition) is 0. The van der Waals surface area contributed by atoms with E-state index in [1.165, 1.54) is 31.4 Å². The van der Waals surface area contributed by atoms with Crippen LogP contribution in [0.2, 0.25) is 0 Å². The average molecular weight is 296 g/mol. The Balaban J connectivity index is 2.01. The van der Waals surface area contributed by atoms with Crippen molar-refractivity contribution >= 4 is 0 Å². The van der Waals surface area contributed by atoms with E-state index in [-0.39, 0.29) is 17.5 Å². The molecule has 0 atom stereocenters. The Morgan fingerprint density at radius 1 is 1.05 bits per heavy atom. The van der Waals surface area contributed by atoms with Crippen molar-refractivity contribution < 1.29 is 13.5 Å². The number of hydrogen-bond acceptors (Lipinski definition) is 1. The van der Waals surface area contributed by atoms with Crippen LogP contribution in [0.15, 0.2) is 12.1 Å². The van der Waals surface area contributed by atoms with Crippen LogP contribution in [0.5, 0.6) is 5.75 Å². The molecule has 0 heterocycles. The average Bonchev–Trinajstić information content (AvgIpc) is 2.49. The monoisotopic (exact) mass is 296 g/mol. The van der Waals surface area contributed by atoms with E-state index in [0.29, 0.717) is 12.2 Å². The van der Waals surface area contributed by atoms with Crippen molar-refractivity contribution in [1.29, 1.82) is 0 Å². The molecule has 1 aliphatic carbocycles. The molecule has 0 saturated heterocycles. The molecular weight excluding hydrogens is 270 g/mol. The summed E-state index contributed by atoms with van der Waals surface area (Å²) in [7, 11) is 0. The number of rotatable bonds is 6. The highest BCUT2D eigenvalue weighted by molar-refractivity contribution is 5.33. The second-order valence-corrected chi connectivity index (χ2v) is 6.10. The van der Waals surface area contributed by atoms with E-state index in [1.807, 2.05) is 0 Å². The molecule has 3 heteroatoms. The lowest BCUT2D eigenvalue weighted by molar-refractivity contribution is 0.297. The van der Waals surface area contributed by atoms with E-state index in [9.17, 15) is 8.78 Å². The lowest BCUT2D eigenvalue weighted by Crippen LogP contribution is -2.14. The lowest BCUT2D eigenvalue weighted by Gasteiger charge is -2.29. The van der Waals surface area contributed by atoms with Crippen LogP contribution in [0.4, 0.5) is 8.78 Å². The minimum Gasteiger partial charge on any atom is -0.491 e. The zero-order chi connectivity index (χ0) is 15.2. The van der Waals surface area contributed by atoms with Crippen molar-refractivity contribution in [1.82, 2.24) is 0 Å². The lowest BCUT2D eigenvalue weighted by atomic mass is 9.77. The molecule has 2 rings (SSSR count). The summed E-state index contributed by atoms with van der Waals surface area (Å²) < 4.78 is 33.2. The minimum absolute atomic E-state index is 0.0235. The van der Waals surface area contributed by atoms with Crippen LogP contribution in [0.25, 0.3) is 0 Å². The van der Waals surface area contributed by atoms with Gasteiger partial charge in [-0.25, -0.2) is 8.78 Å². The fourth-order valence-corrected chi connectivity index (χ4v) is 3.38. The van der Waals surface area contributed by atoms with E-state index in [2.05, 4.69) is 6.92 Å². The molecule has 0 bridgehead atoms. The molecule has 1 aromatic rings. The van der Waals surface area contributed by atoms with Crippen LogP contribution in [0.1, 0.15) is 70.3 Å². The van der Waals surface area contributed by atoms with Gasteiger partial charge in [0.2, 0.25) is 0 Å². The van der Waals surface area contributed by atoms with Crippen molar-refractivity contribution in [3.8, 4) is 5.75 Å². The van der Waals surface area contributed by atoms with Gasteiger partial charge in [-0.05, 0) is 56.1 Å². The maximum atomic E-state index is 14.2. The van der Waals surface area contributed by atoms with Gasteiger partial charge in [-0.1, -0.05) is 26.2 Å². The highest BCUT2D eigenvalue weighted by Gasteiger charge is 2.25. The van der Waals surface area contributed by atoms with E-state index < -0.39 is 5.82 Å². The fourth-order valence-electron chi connectivity index (χ4n) is 3.38. The van der Waals surface area contributed by atoms with Gasteiger partial charge in [-0.3, -0.25) is 0 Å². The Morgan fingerprint density at radius 2 is 1.76 bits per heavy atom. The van der Waals surface area contributed by atoms with E-state index in [4.69, 9.17) is 4.74 Å². The molecule has 0 radical (unpaired) electrons. The van der Waals surface area contributed by atoms with Gasteiger partial charge in [-0.2, -0.15) is 0 Å². The van der Waals surface area contributed by atoms with Gasteiger partial charge in [0.05, 0.1) is 6.61 Å². The van der Waals surface area contributed by atoms with Crippen molar-refractivity contribution in [3.63, 3.8) is 0 Å². The van der Waals surface area contributed by atoms with Crippen molar-refractivity contribution in [2.45, 2.75) is 64.7 Å². The van der Waals surface area contributed by atoms with Crippen molar-refractivity contribution in [2.24, 2.45) is 5.92 Å². The maximum absolute atomic E-state index is 14.2. The predicted molar refractivity (Wildman–Crippen MR) is 81.8 cm³/mol. The molecule has 1 nitrogen and oxygen atoms in total. The molecular formula is C18H26F2O. The standard InChI is InChI=1S/C18H26F2O/c1-3-5-6-13-7-9-14(10-8-13)15-11-17(20)18(21-4-2)12-16(15)19/h11-14H,3-10H2,1-2H3. The highest BCUT2D eigenvalue weighted by Crippen LogP contribution is 2.39. The normalized spacial score (nSPS) is 22.3. The van der Waals surface area contributed by atoms with E-state index in [0.717, 1.165) is 31.6 Å². The summed E-state index contributed by atoms with van der Waals surface area (Å²) in [6.07, 6.45) is 8.01. The topological polar surface area (TPSA) is 9.23 Å². The first-order valence-electron chi connectivity index (χ1n) is 8.27. The van der Waals surface area contributed by atoms with Crippen molar-refractivity contribution in [2.75, 3.05) is 6.61 Å². The molecule has 0 unspecified atom stereocenters. The van der Waals surface area contributed by atoms with Gasteiger partial charge in [0.25, 0.3) is 0 Å². The summed E-state index contributed by atoms with van der Waals surface area (Å²) in [4.78, 5) is 0. The van der Waals surface area contributed by atoms with Crippen LogP contribution in [-0.4, -0.2) is 6.61 Å². The number of halogens is 2. The Kier molecular flexibility index (Phi) is 6.01. The quantitative estimate of drug-likeness (QED) is 0.642. The fraction of sp³-hybridized carbons (Fsp3) is 0.667. The first-order valence-corrected chi connectivity index (χ1v) is 8.27. The SMILES string of the molecule is CCCCC1CCC(c2cc(F)c(OCC)cc2F)CC1. The summed E-state index contributed by atoms with van der Waals surface area (Å²) >= 11 is 0. The van der Waals surface area contributed by atoms with E-state index in [1.54, 1.807) is 6.92 Å².